The fourth-order valence-electron chi connectivity index (χ4n) is 2.57. The third-order valence-electron chi connectivity index (χ3n) is 3.83. The van der Waals surface area contributed by atoms with Crippen LogP contribution in [0.3, 0.4) is 0 Å². The van der Waals surface area contributed by atoms with E-state index in [4.69, 9.17) is 11.6 Å². The van der Waals surface area contributed by atoms with E-state index >= 15 is 0 Å². The first-order valence-corrected chi connectivity index (χ1v) is 6.93. The third kappa shape index (κ3) is 2.01. The molecule has 18 heavy (non-hydrogen) atoms. The molecule has 1 heterocycles. The van der Waals surface area contributed by atoms with Gasteiger partial charge in [-0.2, -0.15) is 0 Å². The van der Waals surface area contributed by atoms with E-state index in [2.05, 4.69) is 16.5 Å². The molecular weight excluding hydrogens is 251 g/mol. The number of nitrogens with zero attached hydrogens (tertiary/aromatic N) is 2. The molecule has 1 aromatic carbocycles. The Kier molecular flexibility index (Phi) is 3.02. The maximum Gasteiger partial charge on any atom is 0.151 e. The van der Waals surface area contributed by atoms with Crippen LogP contribution in [0, 0.1) is 17.7 Å². The van der Waals surface area contributed by atoms with Gasteiger partial charge >= 0.3 is 0 Å². The standard InChI is InChI=1S/C14H16ClFN2/c1-9(10-5-6-10)8-18-12-4-2-3-11(16)14(12)17-13(18)7-15/h2-4,9-10H,5-8H2,1H3. The Hall–Kier alpha value is -1.09. The van der Waals surface area contributed by atoms with Gasteiger partial charge in [-0.3, -0.25) is 0 Å². The summed E-state index contributed by atoms with van der Waals surface area (Å²) >= 11 is 5.93. The molecule has 1 aliphatic carbocycles. The first kappa shape index (κ1) is 12.0. The normalized spacial score (nSPS) is 17.3. The highest BCUT2D eigenvalue weighted by molar-refractivity contribution is 6.16. The number of hydrogen-bond donors (Lipinski definition) is 0. The zero-order valence-corrected chi connectivity index (χ0v) is 11.1. The minimum atomic E-state index is -0.267. The molecule has 0 bridgehead atoms. The number of imidazole rings is 1. The molecule has 3 rings (SSSR count). The van der Waals surface area contributed by atoms with Gasteiger partial charge in [-0.25, -0.2) is 9.37 Å². The predicted octanol–water partition coefficient (Wildman–Crippen LogP) is 3.96. The lowest BCUT2D eigenvalue weighted by Crippen LogP contribution is -2.11. The Balaban J connectivity index is 2.04. The largest absolute Gasteiger partial charge is 0.327 e. The summed E-state index contributed by atoms with van der Waals surface area (Å²) in [6.45, 7) is 3.13. The van der Waals surface area contributed by atoms with Crippen molar-refractivity contribution in [1.82, 2.24) is 9.55 Å². The van der Waals surface area contributed by atoms with Gasteiger partial charge in [0.25, 0.3) is 0 Å². The van der Waals surface area contributed by atoms with E-state index in [1.54, 1.807) is 6.07 Å². The quantitative estimate of drug-likeness (QED) is 0.766. The SMILES string of the molecule is CC(Cn1c(CCl)nc2c(F)cccc21)C1CC1. The van der Waals surface area contributed by atoms with Crippen molar-refractivity contribution in [3.05, 3.63) is 29.8 Å². The second kappa shape index (κ2) is 4.54. The van der Waals surface area contributed by atoms with Crippen LogP contribution in [-0.4, -0.2) is 9.55 Å². The van der Waals surface area contributed by atoms with E-state index < -0.39 is 0 Å². The summed E-state index contributed by atoms with van der Waals surface area (Å²) in [6.07, 6.45) is 2.64. The first-order chi connectivity index (χ1) is 8.70. The number of halogens is 2. The molecule has 4 heteroatoms. The van der Waals surface area contributed by atoms with Crippen molar-refractivity contribution in [2.45, 2.75) is 32.2 Å². The average molecular weight is 267 g/mol. The minimum absolute atomic E-state index is 0.267. The smallest absolute Gasteiger partial charge is 0.151 e. The summed E-state index contributed by atoms with van der Waals surface area (Å²) in [5.41, 5.74) is 1.30. The topological polar surface area (TPSA) is 17.8 Å². The van der Waals surface area contributed by atoms with Crippen LogP contribution in [0.15, 0.2) is 18.2 Å². The second-order valence-corrected chi connectivity index (χ2v) is 5.46. The van der Waals surface area contributed by atoms with Crippen LogP contribution >= 0.6 is 11.6 Å². The zero-order valence-electron chi connectivity index (χ0n) is 10.4. The lowest BCUT2D eigenvalue weighted by Gasteiger charge is -2.13. The lowest BCUT2D eigenvalue weighted by molar-refractivity contribution is 0.431. The molecule has 0 spiro atoms. The van der Waals surface area contributed by atoms with E-state index in [-0.39, 0.29) is 5.82 Å². The number of alkyl halides is 1. The molecule has 2 nitrogen and oxygen atoms in total. The number of para-hydroxylation sites is 1. The second-order valence-electron chi connectivity index (χ2n) is 5.19. The van der Waals surface area contributed by atoms with Crippen molar-refractivity contribution < 1.29 is 4.39 Å². The molecule has 1 aliphatic rings. The Morgan fingerprint density at radius 1 is 1.50 bits per heavy atom. The Bertz CT molecular complexity index is 574. The van der Waals surface area contributed by atoms with E-state index in [9.17, 15) is 4.39 Å². The summed E-state index contributed by atoms with van der Waals surface area (Å²) in [6, 6.07) is 5.10. The van der Waals surface area contributed by atoms with Gasteiger partial charge in [0.15, 0.2) is 5.82 Å². The molecule has 2 aromatic rings. The van der Waals surface area contributed by atoms with Gasteiger partial charge in [0, 0.05) is 6.54 Å². The van der Waals surface area contributed by atoms with Gasteiger partial charge in [0.2, 0.25) is 0 Å². The molecule has 1 unspecified atom stereocenters. The van der Waals surface area contributed by atoms with Gasteiger partial charge in [-0.1, -0.05) is 13.0 Å². The Morgan fingerprint density at radius 2 is 2.28 bits per heavy atom. The van der Waals surface area contributed by atoms with Crippen molar-refractivity contribution in [2.24, 2.45) is 11.8 Å². The third-order valence-corrected chi connectivity index (χ3v) is 4.06. The Morgan fingerprint density at radius 3 is 2.94 bits per heavy atom. The van der Waals surface area contributed by atoms with E-state index in [0.717, 1.165) is 23.8 Å². The molecule has 0 N–H and O–H groups in total. The molecule has 1 atom stereocenters. The van der Waals surface area contributed by atoms with Gasteiger partial charge in [-0.15, -0.1) is 11.6 Å². The summed E-state index contributed by atoms with van der Waals surface area (Å²) in [5.74, 6) is 2.25. The van der Waals surface area contributed by atoms with E-state index in [1.807, 2.05) is 6.07 Å². The molecule has 0 aliphatic heterocycles. The van der Waals surface area contributed by atoms with Crippen LogP contribution in [0.5, 0.6) is 0 Å². The summed E-state index contributed by atoms with van der Waals surface area (Å²) in [5, 5.41) is 0. The number of aromatic nitrogens is 2. The van der Waals surface area contributed by atoms with Crippen molar-refractivity contribution >= 4 is 22.6 Å². The fraction of sp³-hybridized carbons (Fsp3) is 0.500. The lowest BCUT2D eigenvalue weighted by atomic mass is 10.1. The number of rotatable bonds is 4. The zero-order chi connectivity index (χ0) is 12.7. The van der Waals surface area contributed by atoms with Crippen molar-refractivity contribution in [2.75, 3.05) is 0 Å². The van der Waals surface area contributed by atoms with Crippen LogP contribution in [-0.2, 0) is 12.4 Å². The number of benzene rings is 1. The highest BCUT2D eigenvalue weighted by Gasteiger charge is 2.29. The van der Waals surface area contributed by atoms with Crippen LogP contribution in [0.25, 0.3) is 11.0 Å². The van der Waals surface area contributed by atoms with E-state index in [1.165, 1.54) is 18.9 Å². The van der Waals surface area contributed by atoms with Gasteiger partial charge in [-0.05, 0) is 36.8 Å². The van der Waals surface area contributed by atoms with Gasteiger partial charge in [0.05, 0.1) is 11.4 Å². The molecule has 1 saturated carbocycles. The molecular formula is C14H16ClFN2. The highest BCUT2D eigenvalue weighted by atomic mass is 35.5. The monoisotopic (exact) mass is 266 g/mol. The molecule has 0 radical (unpaired) electrons. The molecule has 1 fully saturated rings. The van der Waals surface area contributed by atoms with E-state index in [0.29, 0.717) is 17.3 Å². The summed E-state index contributed by atoms with van der Waals surface area (Å²) in [4.78, 5) is 4.32. The molecule has 0 saturated heterocycles. The van der Waals surface area contributed by atoms with Crippen molar-refractivity contribution in [1.29, 1.82) is 0 Å². The van der Waals surface area contributed by atoms with Gasteiger partial charge < -0.3 is 4.57 Å². The van der Waals surface area contributed by atoms with Crippen LogP contribution < -0.4 is 0 Å². The average Bonchev–Trinajstić information content (AvgIpc) is 3.15. The highest BCUT2D eigenvalue weighted by Crippen LogP contribution is 2.38. The van der Waals surface area contributed by atoms with Crippen LogP contribution in [0.1, 0.15) is 25.6 Å². The van der Waals surface area contributed by atoms with Crippen molar-refractivity contribution in [3.63, 3.8) is 0 Å². The number of fused-ring (bicyclic) bond motifs is 1. The predicted molar refractivity (Wildman–Crippen MR) is 71.1 cm³/mol. The summed E-state index contributed by atoms with van der Waals surface area (Å²) in [7, 11) is 0. The molecule has 0 amide bonds. The molecule has 1 aromatic heterocycles. The van der Waals surface area contributed by atoms with Gasteiger partial charge in [0.1, 0.15) is 11.3 Å². The van der Waals surface area contributed by atoms with Crippen LogP contribution in [0.2, 0.25) is 0 Å². The number of hydrogen-bond acceptors (Lipinski definition) is 1. The fourth-order valence-corrected chi connectivity index (χ4v) is 2.77. The van der Waals surface area contributed by atoms with Crippen LogP contribution in [0.4, 0.5) is 4.39 Å². The first-order valence-electron chi connectivity index (χ1n) is 6.40. The Labute approximate surface area is 111 Å². The maximum atomic E-state index is 13.7. The minimum Gasteiger partial charge on any atom is -0.327 e. The summed E-state index contributed by atoms with van der Waals surface area (Å²) < 4.78 is 15.8. The molecule has 96 valence electrons. The maximum absolute atomic E-state index is 13.7. The van der Waals surface area contributed by atoms with Crippen molar-refractivity contribution in [3.8, 4) is 0 Å².